The van der Waals surface area contributed by atoms with Gasteiger partial charge >= 0.3 is 5.97 Å². The number of hydrogen-bond acceptors (Lipinski definition) is 3. The van der Waals surface area contributed by atoms with Crippen molar-refractivity contribution in [3.63, 3.8) is 0 Å². The zero-order chi connectivity index (χ0) is 10.8. The van der Waals surface area contributed by atoms with Crippen molar-refractivity contribution in [1.29, 1.82) is 0 Å². The fourth-order valence-electron chi connectivity index (χ4n) is 1.43. The second kappa shape index (κ2) is 3.82. The molecule has 0 unspecified atom stereocenters. The van der Waals surface area contributed by atoms with Crippen molar-refractivity contribution in [3.05, 3.63) is 40.2 Å². The predicted octanol–water partition coefficient (Wildman–Crippen LogP) is 2.82. The summed E-state index contributed by atoms with van der Waals surface area (Å²) in [5.74, 6) is -0.921. The number of carboxylic acids is 1. The molecule has 0 bridgehead atoms. The van der Waals surface area contributed by atoms with E-state index in [1.807, 2.05) is 31.2 Å². The highest BCUT2D eigenvalue weighted by molar-refractivity contribution is 7.12. The number of nitrogens with zero attached hydrogens (tertiary/aromatic N) is 1. The van der Waals surface area contributed by atoms with Crippen LogP contribution in [-0.4, -0.2) is 16.1 Å². The van der Waals surface area contributed by atoms with Crippen LogP contribution in [-0.2, 0) is 0 Å². The number of aromatic carboxylic acids is 1. The number of carboxylic acid groups (broad SMARTS) is 1. The van der Waals surface area contributed by atoms with Crippen molar-refractivity contribution < 1.29 is 9.90 Å². The molecule has 0 amide bonds. The Balaban J connectivity index is 2.59. The molecular formula is C11H9NO2S. The van der Waals surface area contributed by atoms with Gasteiger partial charge in [0.05, 0.1) is 11.2 Å². The van der Waals surface area contributed by atoms with Crippen LogP contribution in [0.5, 0.6) is 0 Å². The third-order valence-electron chi connectivity index (χ3n) is 2.16. The van der Waals surface area contributed by atoms with Crippen molar-refractivity contribution >= 4 is 17.3 Å². The van der Waals surface area contributed by atoms with Gasteiger partial charge in [-0.2, -0.15) is 0 Å². The molecule has 4 heteroatoms. The minimum Gasteiger partial charge on any atom is -0.477 e. The smallest absolute Gasteiger partial charge is 0.348 e. The molecule has 0 spiro atoms. The molecule has 0 atom stereocenters. The van der Waals surface area contributed by atoms with Gasteiger partial charge in [0.15, 0.2) is 0 Å². The summed E-state index contributed by atoms with van der Waals surface area (Å²) in [7, 11) is 0. The van der Waals surface area contributed by atoms with Crippen LogP contribution in [0.3, 0.4) is 0 Å². The Kier molecular flexibility index (Phi) is 2.51. The lowest BCUT2D eigenvalue weighted by Crippen LogP contribution is -1.96. The molecule has 0 aliphatic carbocycles. The van der Waals surface area contributed by atoms with E-state index in [4.69, 9.17) is 5.11 Å². The summed E-state index contributed by atoms with van der Waals surface area (Å²) in [4.78, 5) is 15.3. The number of hydrogen-bond donors (Lipinski definition) is 1. The van der Waals surface area contributed by atoms with E-state index in [-0.39, 0.29) is 0 Å². The Hall–Kier alpha value is -1.68. The molecule has 1 N–H and O–H groups in total. The summed E-state index contributed by atoms with van der Waals surface area (Å²) < 4.78 is 0. The number of carbonyl (C=O) groups is 1. The molecule has 1 aromatic carbocycles. The molecule has 3 nitrogen and oxygen atoms in total. The van der Waals surface area contributed by atoms with Gasteiger partial charge in [-0.05, 0) is 12.5 Å². The topological polar surface area (TPSA) is 50.2 Å². The van der Waals surface area contributed by atoms with Crippen LogP contribution < -0.4 is 0 Å². The van der Waals surface area contributed by atoms with E-state index in [1.54, 1.807) is 5.51 Å². The zero-order valence-electron chi connectivity index (χ0n) is 8.10. The molecule has 1 aromatic heterocycles. The molecule has 0 aliphatic heterocycles. The van der Waals surface area contributed by atoms with Crippen molar-refractivity contribution in [2.24, 2.45) is 0 Å². The predicted molar refractivity (Wildman–Crippen MR) is 59.2 cm³/mol. The first-order chi connectivity index (χ1) is 7.20. The van der Waals surface area contributed by atoms with E-state index in [1.165, 1.54) is 0 Å². The first kappa shape index (κ1) is 9.86. The Bertz CT molecular complexity index is 505. The van der Waals surface area contributed by atoms with E-state index >= 15 is 0 Å². The van der Waals surface area contributed by atoms with Crippen LogP contribution in [0.25, 0.3) is 11.3 Å². The first-order valence-electron chi connectivity index (χ1n) is 4.43. The molecule has 0 radical (unpaired) electrons. The van der Waals surface area contributed by atoms with Gasteiger partial charge in [-0.15, -0.1) is 11.3 Å². The molecular weight excluding hydrogens is 210 g/mol. The molecule has 15 heavy (non-hydrogen) atoms. The molecule has 76 valence electrons. The van der Waals surface area contributed by atoms with Crippen molar-refractivity contribution in [2.45, 2.75) is 6.92 Å². The molecule has 2 rings (SSSR count). The van der Waals surface area contributed by atoms with Gasteiger partial charge in [0.1, 0.15) is 4.88 Å². The Morgan fingerprint density at radius 2 is 2.13 bits per heavy atom. The summed E-state index contributed by atoms with van der Waals surface area (Å²) in [6.07, 6.45) is 0. The minimum absolute atomic E-state index is 0.296. The van der Waals surface area contributed by atoms with Gasteiger partial charge in [0, 0.05) is 5.56 Å². The number of thiazole rings is 1. The summed E-state index contributed by atoms with van der Waals surface area (Å²) in [5.41, 5.74) is 4.04. The van der Waals surface area contributed by atoms with Crippen LogP contribution in [0.4, 0.5) is 0 Å². The van der Waals surface area contributed by atoms with Gasteiger partial charge in [-0.25, -0.2) is 9.78 Å². The van der Waals surface area contributed by atoms with E-state index in [9.17, 15) is 4.79 Å². The van der Waals surface area contributed by atoms with Crippen LogP contribution >= 0.6 is 11.3 Å². The first-order valence-corrected chi connectivity index (χ1v) is 5.31. The second-order valence-electron chi connectivity index (χ2n) is 3.15. The SMILES string of the molecule is Cc1ccccc1-c1ncsc1C(=O)O. The quantitative estimate of drug-likeness (QED) is 0.844. The Labute approximate surface area is 91.0 Å². The van der Waals surface area contributed by atoms with Gasteiger partial charge < -0.3 is 5.11 Å². The van der Waals surface area contributed by atoms with Crippen LogP contribution in [0.2, 0.25) is 0 Å². The summed E-state index contributed by atoms with van der Waals surface area (Å²) in [5, 5.41) is 8.98. The van der Waals surface area contributed by atoms with Crippen LogP contribution in [0.1, 0.15) is 15.2 Å². The van der Waals surface area contributed by atoms with E-state index < -0.39 is 5.97 Å². The van der Waals surface area contributed by atoms with Gasteiger partial charge in [0.25, 0.3) is 0 Å². The normalized spacial score (nSPS) is 10.2. The molecule has 0 fully saturated rings. The fraction of sp³-hybridized carbons (Fsp3) is 0.0909. The summed E-state index contributed by atoms with van der Waals surface area (Å²) in [6, 6.07) is 7.64. The average Bonchev–Trinajstić information content (AvgIpc) is 2.67. The third kappa shape index (κ3) is 1.76. The third-order valence-corrected chi connectivity index (χ3v) is 2.98. The number of rotatable bonds is 2. The Morgan fingerprint density at radius 1 is 1.40 bits per heavy atom. The Morgan fingerprint density at radius 3 is 2.80 bits per heavy atom. The monoisotopic (exact) mass is 219 g/mol. The molecule has 0 saturated carbocycles. The number of aromatic nitrogens is 1. The number of aryl methyl sites for hydroxylation is 1. The highest BCUT2D eigenvalue weighted by atomic mass is 32.1. The lowest BCUT2D eigenvalue weighted by Gasteiger charge is -2.02. The highest BCUT2D eigenvalue weighted by Gasteiger charge is 2.15. The highest BCUT2D eigenvalue weighted by Crippen LogP contribution is 2.27. The largest absolute Gasteiger partial charge is 0.477 e. The minimum atomic E-state index is -0.921. The standard InChI is InChI=1S/C11H9NO2S/c1-7-4-2-3-5-8(7)9-10(11(13)14)15-6-12-9/h2-6H,1H3,(H,13,14). The summed E-state index contributed by atoms with van der Waals surface area (Å²) in [6.45, 7) is 1.94. The van der Waals surface area contributed by atoms with Gasteiger partial charge in [0.2, 0.25) is 0 Å². The zero-order valence-corrected chi connectivity index (χ0v) is 8.91. The van der Waals surface area contributed by atoms with E-state index in [0.29, 0.717) is 10.6 Å². The van der Waals surface area contributed by atoms with Crippen molar-refractivity contribution in [3.8, 4) is 11.3 Å². The molecule has 0 saturated heterocycles. The van der Waals surface area contributed by atoms with E-state index in [0.717, 1.165) is 22.5 Å². The fourth-order valence-corrected chi connectivity index (χ4v) is 2.07. The van der Waals surface area contributed by atoms with Gasteiger partial charge in [-0.1, -0.05) is 24.3 Å². The molecule has 1 heterocycles. The summed E-state index contributed by atoms with van der Waals surface area (Å²) >= 11 is 1.15. The van der Waals surface area contributed by atoms with E-state index in [2.05, 4.69) is 4.98 Å². The maximum Gasteiger partial charge on any atom is 0.348 e. The lowest BCUT2D eigenvalue weighted by atomic mass is 10.1. The second-order valence-corrected chi connectivity index (χ2v) is 4.00. The molecule has 2 aromatic rings. The number of benzene rings is 1. The van der Waals surface area contributed by atoms with Crippen molar-refractivity contribution in [2.75, 3.05) is 0 Å². The van der Waals surface area contributed by atoms with Crippen LogP contribution in [0, 0.1) is 6.92 Å². The maximum atomic E-state index is 10.9. The van der Waals surface area contributed by atoms with Gasteiger partial charge in [-0.3, -0.25) is 0 Å². The van der Waals surface area contributed by atoms with Crippen LogP contribution in [0.15, 0.2) is 29.8 Å². The average molecular weight is 219 g/mol. The lowest BCUT2D eigenvalue weighted by molar-refractivity contribution is 0.0702. The maximum absolute atomic E-state index is 10.9. The van der Waals surface area contributed by atoms with Crippen molar-refractivity contribution in [1.82, 2.24) is 4.98 Å². The molecule has 0 aliphatic rings.